The molecule has 2 aliphatic heterocycles. The van der Waals surface area contributed by atoms with Crippen LogP contribution >= 0.6 is 0 Å². The Bertz CT molecular complexity index is 175. The van der Waals surface area contributed by atoms with Gasteiger partial charge in [0.1, 0.15) is 12.2 Å². The fourth-order valence-electron chi connectivity index (χ4n) is 1.72. The van der Waals surface area contributed by atoms with Gasteiger partial charge in [-0.15, -0.1) is 0 Å². The van der Waals surface area contributed by atoms with Crippen LogP contribution in [0.2, 0.25) is 0 Å². The van der Waals surface area contributed by atoms with Gasteiger partial charge >= 0.3 is 0 Å². The zero-order valence-corrected chi connectivity index (χ0v) is 6.59. The zero-order chi connectivity index (χ0) is 7.90. The number of hydrogen-bond donors (Lipinski definition) is 1. The van der Waals surface area contributed by atoms with Gasteiger partial charge in [-0.25, -0.2) is 0 Å². The highest BCUT2D eigenvalue weighted by atomic mass is 16.5. The van der Waals surface area contributed by atoms with E-state index in [1.54, 1.807) is 0 Å². The van der Waals surface area contributed by atoms with Crippen LogP contribution in [0, 0.1) is 0 Å². The highest BCUT2D eigenvalue weighted by molar-refractivity contribution is 5.78. The summed E-state index contributed by atoms with van der Waals surface area (Å²) in [4.78, 5) is 12.9. The van der Waals surface area contributed by atoms with Crippen LogP contribution in [0.4, 0.5) is 0 Å². The van der Waals surface area contributed by atoms with E-state index in [0.717, 1.165) is 13.1 Å². The Morgan fingerprint density at radius 2 is 2.36 bits per heavy atom. The van der Waals surface area contributed by atoms with Gasteiger partial charge in [0, 0.05) is 19.6 Å². The lowest BCUT2D eigenvalue weighted by molar-refractivity contribution is -0.168. The van der Waals surface area contributed by atoms with Gasteiger partial charge < -0.3 is 15.0 Å². The van der Waals surface area contributed by atoms with Crippen LogP contribution < -0.4 is 5.32 Å². The molecule has 0 atom stereocenters. The molecule has 0 saturated carbocycles. The number of morpholine rings is 1. The van der Waals surface area contributed by atoms with Crippen molar-refractivity contribution >= 4 is 5.91 Å². The van der Waals surface area contributed by atoms with Crippen molar-refractivity contribution in [1.29, 1.82) is 0 Å². The van der Waals surface area contributed by atoms with E-state index >= 15 is 0 Å². The van der Waals surface area contributed by atoms with Crippen LogP contribution in [0.5, 0.6) is 0 Å². The van der Waals surface area contributed by atoms with Crippen molar-refractivity contribution in [3.05, 3.63) is 0 Å². The van der Waals surface area contributed by atoms with Gasteiger partial charge in [-0.1, -0.05) is 0 Å². The quantitative estimate of drug-likeness (QED) is 0.480. The van der Waals surface area contributed by atoms with Crippen molar-refractivity contribution in [2.24, 2.45) is 0 Å². The van der Waals surface area contributed by atoms with Crippen LogP contribution in [-0.2, 0) is 9.53 Å². The fraction of sp³-hybridized carbons (Fsp3) is 0.857. The van der Waals surface area contributed by atoms with Gasteiger partial charge in [0.05, 0.1) is 0 Å². The van der Waals surface area contributed by atoms with Crippen LogP contribution in [0.25, 0.3) is 0 Å². The summed E-state index contributed by atoms with van der Waals surface area (Å²) >= 11 is 0. The number of amides is 1. The number of rotatable bonds is 0. The lowest BCUT2D eigenvalue weighted by Crippen LogP contribution is -2.69. The normalized spacial score (nSPS) is 29.7. The Morgan fingerprint density at radius 1 is 1.64 bits per heavy atom. The lowest BCUT2D eigenvalue weighted by atomic mass is 9.93. The van der Waals surface area contributed by atoms with Crippen LogP contribution in [-0.4, -0.2) is 49.7 Å². The van der Waals surface area contributed by atoms with E-state index in [-0.39, 0.29) is 18.1 Å². The second kappa shape index (κ2) is 2.19. The van der Waals surface area contributed by atoms with Crippen molar-refractivity contribution in [2.75, 3.05) is 33.3 Å². The number of likely N-dealkylation sites (tertiary alicyclic amines) is 1. The summed E-state index contributed by atoms with van der Waals surface area (Å²) in [7, 11) is 2.05. The SMILES string of the molecule is CN1CC2(CNC(=O)CO2)C1. The number of carbonyl (C=O) groups excluding carboxylic acids is 1. The average Bonchev–Trinajstić information content (AvgIpc) is 1.92. The molecule has 4 heteroatoms. The molecule has 4 nitrogen and oxygen atoms in total. The van der Waals surface area contributed by atoms with Crippen molar-refractivity contribution < 1.29 is 9.53 Å². The molecular weight excluding hydrogens is 144 g/mol. The molecule has 11 heavy (non-hydrogen) atoms. The molecular formula is C7H12N2O2. The van der Waals surface area contributed by atoms with Crippen LogP contribution in [0.1, 0.15) is 0 Å². The van der Waals surface area contributed by atoms with E-state index in [1.807, 2.05) is 7.05 Å². The topological polar surface area (TPSA) is 41.6 Å². The molecule has 0 radical (unpaired) electrons. The van der Waals surface area contributed by atoms with Crippen molar-refractivity contribution in [1.82, 2.24) is 10.2 Å². The van der Waals surface area contributed by atoms with E-state index in [9.17, 15) is 4.79 Å². The van der Waals surface area contributed by atoms with Crippen LogP contribution in [0.3, 0.4) is 0 Å². The first-order valence-corrected chi connectivity index (χ1v) is 3.79. The predicted octanol–water partition coefficient (Wildman–Crippen LogP) is -1.18. The monoisotopic (exact) mass is 156 g/mol. The maximum atomic E-state index is 10.7. The number of likely N-dealkylation sites (N-methyl/N-ethyl adjacent to an activating group) is 1. The molecule has 1 amide bonds. The molecule has 2 aliphatic rings. The minimum atomic E-state index is -0.0529. The molecule has 62 valence electrons. The third-order valence-electron chi connectivity index (χ3n) is 2.23. The summed E-state index contributed by atoms with van der Waals surface area (Å²) in [6.07, 6.45) is 0. The molecule has 0 aliphatic carbocycles. The number of nitrogens with one attached hydrogen (secondary N) is 1. The molecule has 1 spiro atoms. The number of nitrogens with zero attached hydrogens (tertiary/aromatic N) is 1. The largest absolute Gasteiger partial charge is 0.361 e. The molecule has 2 rings (SSSR count). The molecule has 0 unspecified atom stereocenters. The maximum Gasteiger partial charge on any atom is 0.246 e. The Hall–Kier alpha value is -0.610. The van der Waals surface area contributed by atoms with Crippen molar-refractivity contribution in [3.8, 4) is 0 Å². The minimum Gasteiger partial charge on any atom is -0.361 e. The number of ether oxygens (including phenoxy) is 1. The van der Waals surface area contributed by atoms with Gasteiger partial charge in [0.15, 0.2) is 0 Å². The van der Waals surface area contributed by atoms with E-state index in [0.29, 0.717) is 6.54 Å². The maximum absolute atomic E-state index is 10.7. The minimum absolute atomic E-state index is 0.00479. The third-order valence-corrected chi connectivity index (χ3v) is 2.23. The van der Waals surface area contributed by atoms with Gasteiger partial charge in [0.2, 0.25) is 5.91 Å². The Morgan fingerprint density at radius 3 is 2.82 bits per heavy atom. The summed E-state index contributed by atoms with van der Waals surface area (Å²) < 4.78 is 5.43. The molecule has 0 aromatic rings. The first-order chi connectivity index (χ1) is 5.20. The van der Waals surface area contributed by atoms with Gasteiger partial charge in [-0.3, -0.25) is 4.79 Å². The molecule has 0 aromatic carbocycles. The van der Waals surface area contributed by atoms with Gasteiger partial charge in [-0.2, -0.15) is 0 Å². The summed E-state index contributed by atoms with van der Waals surface area (Å²) in [5.74, 6) is 0.00479. The summed E-state index contributed by atoms with van der Waals surface area (Å²) in [5, 5.41) is 2.80. The van der Waals surface area contributed by atoms with Gasteiger partial charge in [-0.05, 0) is 7.05 Å². The predicted molar refractivity (Wildman–Crippen MR) is 39.2 cm³/mol. The van der Waals surface area contributed by atoms with Gasteiger partial charge in [0.25, 0.3) is 0 Å². The molecule has 1 N–H and O–H groups in total. The zero-order valence-electron chi connectivity index (χ0n) is 6.59. The first-order valence-electron chi connectivity index (χ1n) is 3.79. The standard InChI is InChI=1S/C7H12N2O2/c1-9-4-7(5-9)3-8-6(10)2-11-7/h2-5H2,1H3,(H,8,10). The molecule has 2 saturated heterocycles. The second-order valence-corrected chi connectivity index (χ2v) is 3.42. The molecule has 2 fully saturated rings. The average molecular weight is 156 g/mol. The smallest absolute Gasteiger partial charge is 0.246 e. The van der Waals surface area contributed by atoms with E-state index in [4.69, 9.17) is 4.74 Å². The highest BCUT2D eigenvalue weighted by Crippen LogP contribution is 2.24. The summed E-state index contributed by atoms with van der Waals surface area (Å²) in [6.45, 7) is 2.78. The van der Waals surface area contributed by atoms with E-state index < -0.39 is 0 Å². The Kier molecular flexibility index (Phi) is 1.40. The number of carbonyl (C=O) groups is 1. The van der Waals surface area contributed by atoms with E-state index in [2.05, 4.69) is 10.2 Å². The Balaban J connectivity index is 1.93. The summed E-state index contributed by atoms with van der Waals surface area (Å²) in [5.41, 5.74) is -0.0529. The molecule has 0 aromatic heterocycles. The number of hydrogen-bond acceptors (Lipinski definition) is 3. The van der Waals surface area contributed by atoms with Crippen LogP contribution in [0.15, 0.2) is 0 Å². The van der Waals surface area contributed by atoms with Crippen molar-refractivity contribution in [2.45, 2.75) is 5.60 Å². The second-order valence-electron chi connectivity index (χ2n) is 3.42. The molecule has 2 heterocycles. The Labute approximate surface area is 65.5 Å². The summed E-state index contributed by atoms with van der Waals surface area (Å²) in [6, 6.07) is 0. The lowest BCUT2D eigenvalue weighted by Gasteiger charge is -2.49. The highest BCUT2D eigenvalue weighted by Gasteiger charge is 2.44. The third kappa shape index (κ3) is 1.12. The van der Waals surface area contributed by atoms with E-state index in [1.165, 1.54) is 0 Å². The fourth-order valence-corrected chi connectivity index (χ4v) is 1.72. The van der Waals surface area contributed by atoms with Crippen molar-refractivity contribution in [3.63, 3.8) is 0 Å². The molecule has 0 bridgehead atoms. The first kappa shape index (κ1) is 7.06.